The van der Waals surface area contributed by atoms with Gasteiger partial charge in [-0.25, -0.2) is 0 Å². The zero-order valence-corrected chi connectivity index (χ0v) is 25.2. The summed E-state index contributed by atoms with van der Waals surface area (Å²) < 4.78 is 3.34. The molecule has 0 saturated heterocycles. The van der Waals surface area contributed by atoms with Crippen LogP contribution in [0.4, 0.5) is 5.69 Å². The van der Waals surface area contributed by atoms with Crippen LogP contribution >= 0.6 is 31.9 Å². The molecule has 0 amide bonds. The molecule has 4 heteroatoms. The molecule has 198 valence electrons. The first-order valence-corrected chi connectivity index (χ1v) is 14.8. The molecule has 0 fully saturated rings. The quantitative estimate of drug-likeness (QED) is 0.182. The highest BCUT2D eigenvalue weighted by molar-refractivity contribution is 9.28. The number of nitrogens with zero attached hydrogens (tertiary/aromatic N) is 1. The van der Waals surface area contributed by atoms with Gasteiger partial charge in [-0.2, -0.15) is 0 Å². The normalized spacial score (nSPS) is 10.4. The summed E-state index contributed by atoms with van der Waals surface area (Å²) in [6, 6.07) is 50.7. The Balaban J connectivity index is 0.000000165. The van der Waals surface area contributed by atoms with E-state index in [0.717, 1.165) is 27.7 Å². The van der Waals surface area contributed by atoms with Crippen molar-refractivity contribution in [2.75, 3.05) is 5.32 Å². The molecule has 0 spiro atoms. The lowest BCUT2D eigenvalue weighted by Gasteiger charge is -2.11. The van der Waals surface area contributed by atoms with Gasteiger partial charge >= 0.3 is 0 Å². The van der Waals surface area contributed by atoms with Gasteiger partial charge in [0.2, 0.25) is 0 Å². The molecule has 6 aromatic rings. The van der Waals surface area contributed by atoms with Gasteiger partial charge in [-0.05, 0) is 78.4 Å². The van der Waals surface area contributed by atoms with Gasteiger partial charge in [0.05, 0.1) is 3.39 Å². The second-order valence-corrected chi connectivity index (χ2v) is 12.2. The van der Waals surface area contributed by atoms with Crippen LogP contribution in [0.25, 0.3) is 28.2 Å². The zero-order chi connectivity index (χ0) is 27.6. The van der Waals surface area contributed by atoms with E-state index in [1.165, 1.54) is 33.3 Å². The van der Waals surface area contributed by atoms with Crippen LogP contribution in [0.15, 0.2) is 149 Å². The SMILES string of the molecule is BrC(Br)=Cc1ccccc1NCc1ccccc1.c1ccc(Cn2c(-c3ccccc3)cc3ccccc32)cc1. The zero-order valence-electron chi connectivity index (χ0n) is 22.1. The Labute approximate surface area is 253 Å². The molecule has 1 aromatic heterocycles. The molecule has 0 aliphatic heterocycles. The Kier molecular flexibility index (Phi) is 9.68. The largest absolute Gasteiger partial charge is 0.380 e. The number of rotatable bonds is 7. The minimum Gasteiger partial charge on any atom is -0.380 e. The number of aromatic nitrogens is 1. The summed E-state index contributed by atoms with van der Waals surface area (Å²) in [5.74, 6) is 0. The van der Waals surface area contributed by atoms with Gasteiger partial charge < -0.3 is 9.88 Å². The van der Waals surface area contributed by atoms with Gasteiger partial charge in [0.15, 0.2) is 0 Å². The van der Waals surface area contributed by atoms with Crippen molar-refractivity contribution in [3.05, 3.63) is 166 Å². The summed E-state index contributed by atoms with van der Waals surface area (Å²) in [4.78, 5) is 0. The van der Waals surface area contributed by atoms with E-state index in [0.29, 0.717) is 0 Å². The maximum atomic E-state index is 3.45. The first-order chi connectivity index (χ1) is 19.7. The number of nitrogens with one attached hydrogen (secondary N) is 1. The summed E-state index contributed by atoms with van der Waals surface area (Å²) in [5, 5.41) is 4.74. The van der Waals surface area contributed by atoms with Crippen LogP contribution in [-0.2, 0) is 13.1 Å². The van der Waals surface area contributed by atoms with E-state index < -0.39 is 0 Å². The molecule has 0 saturated carbocycles. The van der Waals surface area contributed by atoms with Crippen molar-refractivity contribution in [2.24, 2.45) is 0 Å². The molecule has 0 bridgehead atoms. The maximum Gasteiger partial charge on any atom is 0.0610 e. The molecule has 40 heavy (non-hydrogen) atoms. The third-order valence-electron chi connectivity index (χ3n) is 6.61. The van der Waals surface area contributed by atoms with Gasteiger partial charge in [-0.1, -0.05) is 127 Å². The van der Waals surface area contributed by atoms with E-state index in [1.54, 1.807) is 0 Å². The second-order valence-electron chi connectivity index (χ2n) is 9.39. The Hall–Kier alpha value is -3.86. The van der Waals surface area contributed by atoms with Gasteiger partial charge in [-0.15, -0.1) is 0 Å². The number of anilines is 1. The Bertz CT molecular complexity index is 1670. The highest BCUT2D eigenvalue weighted by Gasteiger charge is 2.10. The van der Waals surface area contributed by atoms with Crippen LogP contribution in [0, 0.1) is 0 Å². The second kappa shape index (κ2) is 14.0. The number of hydrogen-bond acceptors (Lipinski definition) is 1. The average molecular weight is 650 g/mol. The molecule has 2 nitrogen and oxygen atoms in total. The van der Waals surface area contributed by atoms with Gasteiger partial charge in [0.25, 0.3) is 0 Å². The summed E-state index contributed by atoms with van der Waals surface area (Å²) in [6.07, 6.45) is 2.04. The van der Waals surface area contributed by atoms with Crippen molar-refractivity contribution in [3.63, 3.8) is 0 Å². The van der Waals surface area contributed by atoms with Crippen LogP contribution in [0.5, 0.6) is 0 Å². The first kappa shape index (κ1) is 27.7. The molecule has 1 N–H and O–H groups in total. The van der Waals surface area contributed by atoms with Crippen molar-refractivity contribution in [1.82, 2.24) is 4.57 Å². The van der Waals surface area contributed by atoms with Crippen molar-refractivity contribution in [2.45, 2.75) is 13.1 Å². The van der Waals surface area contributed by atoms with E-state index >= 15 is 0 Å². The van der Waals surface area contributed by atoms with E-state index in [9.17, 15) is 0 Å². The molecule has 0 aliphatic carbocycles. The third-order valence-corrected chi connectivity index (χ3v) is 7.07. The van der Waals surface area contributed by atoms with Crippen LogP contribution in [0.2, 0.25) is 0 Å². The Morgan fingerprint density at radius 1 is 0.625 bits per heavy atom. The smallest absolute Gasteiger partial charge is 0.0610 e. The molecule has 0 radical (unpaired) electrons. The third kappa shape index (κ3) is 7.41. The lowest BCUT2D eigenvalue weighted by Crippen LogP contribution is -2.01. The fourth-order valence-corrected chi connectivity index (χ4v) is 5.18. The number of halogens is 2. The maximum absolute atomic E-state index is 3.45. The predicted octanol–water partition coefficient (Wildman–Crippen LogP) is 10.7. The molecule has 5 aromatic carbocycles. The topological polar surface area (TPSA) is 17.0 Å². The lowest BCUT2D eigenvalue weighted by atomic mass is 10.1. The summed E-state index contributed by atoms with van der Waals surface area (Å²) in [5.41, 5.74) is 8.68. The Morgan fingerprint density at radius 2 is 1.20 bits per heavy atom. The van der Waals surface area contributed by atoms with E-state index in [4.69, 9.17) is 0 Å². The molecule has 1 heterocycles. The summed E-state index contributed by atoms with van der Waals surface area (Å²) in [6.45, 7) is 1.71. The molecular formula is C36H30Br2N2. The summed E-state index contributed by atoms with van der Waals surface area (Å²) in [7, 11) is 0. The fourth-order valence-electron chi connectivity index (χ4n) is 4.69. The molecule has 0 atom stereocenters. The number of fused-ring (bicyclic) bond motifs is 1. The minimum absolute atomic E-state index is 0.825. The van der Waals surface area contributed by atoms with Crippen LogP contribution < -0.4 is 5.32 Å². The molecule has 6 rings (SSSR count). The van der Waals surface area contributed by atoms with E-state index in [-0.39, 0.29) is 0 Å². The first-order valence-electron chi connectivity index (χ1n) is 13.2. The van der Waals surface area contributed by atoms with Crippen LogP contribution in [-0.4, -0.2) is 4.57 Å². The van der Waals surface area contributed by atoms with Gasteiger partial charge in [-0.3, -0.25) is 0 Å². The fraction of sp³-hybridized carbons (Fsp3) is 0.0556. The minimum atomic E-state index is 0.825. The average Bonchev–Trinajstić information content (AvgIpc) is 3.36. The highest BCUT2D eigenvalue weighted by atomic mass is 79.9. The lowest BCUT2D eigenvalue weighted by molar-refractivity contribution is 0.845. The highest BCUT2D eigenvalue weighted by Crippen LogP contribution is 2.29. The van der Waals surface area contributed by atoms with Crippen molar-refractivity contribution in [1.29, 1.82) is 0 Å². The molecule has 0 aliphatic rings. The standard InChI is InChI=1S/C21H17N.C15H13Br2N/c1-3-9-17(10-4-1)16-22-20-14-8-7-13-19(20)15-21(22)18-11-5-2-6-12-18;16-15(17)10-13-8-4-5-9-14(13)18-11-12-6-2-1-3-7-12/h1-15H,16H2;1-10,18H,11H2. The van der Waals surface area contributed by atoms with E-state index in [2.05, 4.69) is 169 Å². The number of hydrogen-bond donors (Lipinski definition) is 1. The summed E-state index contributed by atoms with van der Waals surface area (Å²) >= 11 is 6.78. The molecule has 0 unspecified atom stereocenters. The van der Waals surface area contributed by atoms with Crippen LogP contribution in [0.1, 0.15) is 16.7 Å². The van der Waals surface area contributed by atoms with Crippen molar-refractivity contribution >= 4 is 54.5 Å². The molecular weight excluding hydrogens is 620 g/mol. The van der Waals surface area contributed by atoms with Gasteiger partial charge in [0, 0.05) is 35.4 Å². The number of para-hydroxylation sites is 2. The Morgan fingerprint density at radius 3 is 1.90 bits per heavy atom. The van der Waals surface area contributed by atoms with Crippen LogP contribution in [0.3, 0.4) is 0 Å². The number of benzene rings is 5. The van der Waals surface area contributed by atoms with Gasteiger partial charge in [0.1, 0.15) is 0 Å². The van der Waals surface area contributed by atoms with Crippen molar-refractivity contribution < 1.29 is 0 Å². The van der Waals surface area contributed by atoms with Crippen molar-refractivity contribution in [3.8, 4) is 11.3 Å². The predicted molar refractivity (Wildman–Crippen MR) is 179 cm³/mol. The van der Waals surface area contributed by atoms with E-state index in [1.807, 2.05) is 24.3 Å². The monoisotopic (exact) mass is 648 g/mol.